The second-order valence-electron chi connectivity index (χ2n) is 5.09. The van der Waals surface area contributed by atoms with Crippen LogP contribution in [0.4, 0.5) is 5.69 Å². The minimum Gasteiger partial charge on any atom is -0.399 e. The van der Waals surface area contributed by atoms with Crippen molar-refractivity contribution in [3.05, 3.63) is 30.6 Å². The van der Waals surface area contributed by atoms with E-state index in [1.807, 2.05) is 12.1 Å². The minimum atomic E-state index is -0.0625. The molecule has 0 atom stereocenters. The number of amides is 1. The Morgan fingerprint density at radius 1 is 1.35 bits per heavy atom. The van der Waals surface area contributed by atoms with Crippen molar-refractivity contribution in [3.8, 4) is 11.4 Å². The van der Waals surface area contributed by atoms with Crippen LogP contribution in [0, 0.1) is 5.92 Å². The van der Waals surface area contributed by atoms with Crippen LogP contribution in [-0.2, 0) is 11.3 Å². The van der Waals surface area contributed by atoms with Crippen LogP contribution in [0.3, 0.4) is 0 Å². The van der Waals surface area contributed by atoms with Crippen LogP contribution in [0.15, 0.2) is 30.6 Å². The van der Waals surface area contributed by atoms with Gasteiger partial charge in [-0.05, 0) is 30.2 Å². The fourth-order valence-electron chi connectivity index (χ4n) is 1.66. The average molecular weight is 273 g/mol. The molecule has 106 valence electrons. The van der Waals surface area contributed by atoms with Gasteiger partial charge in [-0.3, -0.25) is 4.79 Å². The normalized spacial score (nSPS) is 10.8. The van der Waals surface area contributed by atoms with Gasteiger partial charge in [0.25, 0.3) is 0 Å². The summed E-state index contributed by atoms with van der Waals surface area (Å²) in [6.07, 6.45) is 1.56. The topological polar surface area (TPSA) is 85.8 Å². The number of nitrogens with one attached hydrogen (secondary N) is 1. The van der Waals surface area contributed by atoms with Gasteiger partial charge in [0.2, 0.25) is 5.91 Å². The molecule has 2 aromatic rings. The average Bonchev–Trinajstić information content (AvgIpc) is 2.85. The molecule has 0 aliphatic carbocycles. The highest BCUT2D eigenvalue weighted by Gasteiger charge is 2.07. The van der Waals surface area contributed by atoms with Crippen molar-refractivity contribution >= 4 is 11.6 Å². The molecule has 0 spiro atoms. The molecule has 0 radical (unpaired) electrons. The van der Waals surface area contributed by atoms with Crippen LogP contribution in [0.1, 0.15) is 13.8 Å². The number of nitrogens with two attached hydrogens (primary N) is 1. The quantitative estimate of drug-likeness (QED) is 0.804. The lowest BCUT2D eigenvalue weighted by atomic mass is 10.2. The first-order chi connectivity index (χ1) is 9.54. The summed E-state index contributed by atoms with van der Waals surface area (Å²) in [6.45, 7) is 4.94. The number of hydrogen-bond donors (Lipinski definition) is 2. The van der Waals surface area contributed by atoms with Gasteiger partial charge in [-0.25, -0.2) is 9.67 Å². The second-order valence-corrected chi connectivity index (χ2v) is 5.09. The third kappa shape index (κ3) is 3.81. The summed E-state index contributed by atoms with van der Waals surface area (Å²) in [5.41, 5.74) is 7.21. The van der Waals surface area contributed by atoms with Gasteiger partial charge in [0.15, 0.2) is 5.82 Å². The highest BCUT2D eigenvalue weighted by atomic mass is 16.2. The molecular weight excluding hydrogens is 254 g/mol. The molecule has 20 heavy (non-hydrogen) atoms. The Morgan fingerprint density at radius 3 is 2.70 bits per heavy atom. The van der Waals surface area contributed by atoms with Crippen molar-refractivity contribution < 1.29 is 4.79 Å². The number of benzene rings is 1. The number of nitrogen functional groups attached to an aromatic ring is 1. The third-order valence-corrected chi connectivity index (χ3v) is 2.72. The number of hydrogen-bond acceptors (Lipinski definition) is 4. The summed E-state index contributed by atoms with van der Waals surface area (Å²) in [5, 5.41) is 7.12. The Bertz CT molecular complexity index is 574. The third-order valence-electron chi connectivity index (χ3n) is 2.72. The molecule has 0 saturated heterocycles. The van der Waals surface area contributed by atoms with E-state index in [0.717, 1.165) is 5.56 Å². The van der Waals surface area contributed by atoms with Crippen LogP contribution >= 0.6 is 0 Å². The molecule has 0 bridgehead atoms. The first-order valence-corrected chi connectivity index (χ1v) is 6.56. The number of nitrogens with zero attached hydrogens (tertiary/aromatic N) is 3. The van der Waals surface area contributed by atoms with E-state index in [4.69, 9.17) is 5.73 Å². The smallest absolute Gasteiger partial charge is 0.241 e. The van der Waals surface area contributed by atoms with Gasteiger partial charge in [-0.2, -0.15) is 5.10 Å². The molecule has 1 aromatic heterocycles. The van der Waals surface area contributed by atoms with Crippen molar-refractivity contribution in [1.82, 2.24) is 20.1 Å². The van der Waals surface area contributed by atoms with Crippen LogP contribution in [0.2, 0.25) is 0 Å². The Kier molecular flexibility index (Phi) is 4.34. The fourth-order valence-corrected chi connectivity index (χ4v) is 1.66. The molecule has 2 rings (SSSR count). The predicted octanol–water partition coefficient (Wildman–Crippen LogP) is 1.30. The van der Waals surface area contributed by atoms with Crippen molar-refractivity contribution in [3.63, 3.8) is 0 Å². The lowest BCUT2D eigenvalue weighted by molar-refractivity contribution is -0.122. The van der Waals surface area contributed by atoms with E-state index in [9.17, 15) is 4.79 Å². The van der Waals surface area contributed by atoms with E-state index in [-0.39, 0.29) is 12.5 Å². The predicted molar refractivity (Wildman–Crippen MR) is 77.7 cm³/mol. The number of rotatable bonds is 5. The van der Waals surface area contributed by atoms with Crippen molar-refractivity contribution in [1.29, 1.82) is 0 Å². The molecule has 0 aliphatic rings. The summed E-state index contributed by atoms with van der Waals surface area (Å²) in [4.78, 5) is 15.9. The summed E-state index contributed by atoms with van der Waals surface area (Å²) < 4.78 is 1.53. The molecule has 0 fully saturated rings. The van der Waals surface area contributed by atoms with Crippen molar-refractivity contribution in [2.75, 3.05) is 12.3 Å². The van der Waals surface area contributed by atoms with Crippen LogP contribution in [-0.4, -0.2) is 27.2 Å². The van der Waals surface area contributed by atoms with E-state index >= 15 is 0 Å². The molecule has 0 aliphatic heterocycles. The fraction of sp³-hybridized carbons (Fsp3) is 0.357. The lowest BCUT2D eigenvalue weighted by Crippen LogP contribution is -2.30. The summed E-state index contributed by atoms with van der Waals surface area (Å²) in [7, 11) is 0. The van der Waals surface area contributed by atoms with Gasteiger partial charge in [0.05, 0.1) is 0 Å². The summed E-state index contributed by atoms with van der Waals surface area (Å²) in [6, 6.07) is 7.30. The number of carbonyl (C=O) groups is 1. The maximum atomic E-state index is 11.7. The maximum Gasteiger partial charge on any atom is 0.241 e. The first kappa shape index (κ1) is 14.0. The monoisotopic (exact) mass is 273 g/mol. The van der Waals surface area contributed by atoms with E-state index in [1.54, 1.807) is 18.5 Å². The Balaban J connectivity index is 1.98. The van der Waals surface area contributed by atoms with Gasteiger partial charge in [0.1, 0.15) is 12.9 Å². The highest BCUT2D eigenvalue weighted by molar-refractivity contribution is 5.75. The number of carbonyl (C=O) groups excluding carboxylic acids is 1. The zero-order valence-corrected chi connectivity index (χ0v) is 11.7. The maximum absolute atomic E-state index is 11.7. The minimum absolute atomic E-state index is 0.0625. The standard InChI is InChI=1S/C14H19N5O/c1-10(2)7-16-13(20)8-19-9-17-14(18-19)11-3-5-12(15)6-4-11/h3-6,9-10H,7-8,15H2,1-2H3,(H,16,20). The molecule has 6 heteroatoms. The van der Waals surface area contributed by atoms with Crippen molar-refractivity contribution in [2.45, 2.75) is 20.4 Å². The lowest BCUT2D eigenvalue weighted by Gasteiger charge is -2.06. The van der Waals surface area contributed by atoms with Gasteiger partial charge < -0.3 is 11.1 Å². The van der Waals surface area contributed by atoms with E-state index < -0.39 is 0 Å². The van der Waals surface area contributed by atoms with E-state index in [0.29, 0.717) is 24.0 Å². The summed E-state index contributed by atoms with van der Waals surface area (Å²) >= 11 is 0. The molecule has 1 amide bonds. The van der Waals surface area contributed by atoms with Gasteiger partial charge >= 0.3 is 0 Å². The van der Waals surface area contributed by atoms with Gasteiger partial charge in [-0.15, -0.1) is 0 Å². The molecular formula is C14H19N5O. The summed E-state index contributed by atoms with van der Waals surface area (Å²) in [5.74, 6) is 0.953. The van der Waals surface area contributed by atoms with Crippen LogP contribution < -0.4 is 11.1 Å². The first-order valence-electron chi connectivity index (χ1n) is 6.56. The van der Waals surface area contributed by atoms with E-state index in [1.165, 1.54) is 4.68 Å². The Labute approximate surface area is 118 Å². The van der Waals surface area contributed by atoms with Gasteiger partial charge in [0, 0.05) is 17.8 Å². The number of aromatic nitrogens is 3. The number of anilines is 1. The SMILES string of the molecule is CC(C)CNC(=O)Cn1cnc(-c2ccc(N)cc2)n1. The molecule has 1 heterocycles. The zero-order chi connectivity index (χ0) is 14.5. The highest BCUT2D eigenvalue weighted by Crippen LogP contribution is 2.15. The molecule has 3 N–H and O–H groups in total. The second kappa shape index (κ2) is 6.18. The van der Waals surface area contributed by atoms with Crippen molar-refractivity contribution in [2.24, 2.45) is 5.92 Å². The van der Waals surface area contributed by atoms with Crippen LogP contribution in [0.25, 0.3) is 11.4 Å². The Morgan fingerprint density at radius 2 is 2.05 bits per heavy atom. The van der Waals surface area contributed by atoms with E-state index in [2.05, 4.69) is 29.2 Å². The molecule has 0 saturated carbocycles. The van der Waals surface area contributed by atoms with Gasteiger partial charge in [-0.1, -0.05) is 13.8 Å². The molecule has 0 unspecified atom stereocenters. The zero-order valence-electron chi connectivity index (χ0n) is 11.7. The molecule has 1 aromatic carbocycles. The Hall–Kier alpha value is -2.37. The largest absolute Gasteiger partial charge is 0.399 e. The molecule has 6 nitrogen and oxygen atoms in total. The van der Waals surface area contributed by atoms with Crippen LogP contribution in [0.5, 0.6) is 0 Å².